The van der Waals surface area contributed by atoms with Gasteiger partial charge in [0.2, 0.25) is 5.91 Å². The van der Waals surface area contributed by atoms with Gasteiger partial charge >= 0.3 is 0 Å². The summed E-state index contributed by atoms with van der Waals surface area (Å²) in [7, 11) is 0. The minimum absolute atomic E-state index is 0.154. The fourth-order valence-corrected chi connectivity index (χ4v) is 1.52. The van der Waals surface area contributed by atoms with Crippen LogP contribution in [0.15, 0.2) is 0 Å². The normalized spacial score (nSPS) is 26.9. The highest BCUT2D eigenvalue weighted by Crippen LogP contribution is 2.14. The number of hydrogen-bond acceptors (Lipinski definition) is 1. The second kappa shape index (κ2) is 4.08. The summed E-state index contributed by atoms with van der Waals surface area (Å²) in [6, 6.07) is 0. The van der Waals surface area contributed by atoms with E-state index < -0.39 is 11.5 Å². The number of carbonyl (C=O) groups is 1. The van der Waals surface area contributed by atoms with Crippen molar-refractivity contribution in [3.63, 3.8) is 0 Å². The smallest absolute Gasteiger partial charge is 0.240 e. The molecule has 0 N–H and O–H groups in total. The maximum absolute atomic E-state index is 12.8. The molecule has 4 heteroatoms. The van der Waals surface area contributed by atoms with Gasteiger partial charge < -0.3 is 4.90 Å². The Bertz CT molecular complexity index is 174. The molecule has 1 rings (SSSR count). The van der Waals surface area contributed by atoms with Crippen LogP contribution in [0.4, 0.5) is 4.39 Å². The molecule has 1 fully saturated rings. The van der Waals surface area contributed by atoms with Crippen LogP contribution < -0.4 is 0 Å². The lowest BCUT2D eigenvalue weighted by Gasteiger charge is -2.29. The van der Waals surface area contributed by atoms with Crippen molar-refractivity contribution in [2.45, 2.75) is 31.3 Å². The van der Waals surface area contributed by atoms with Gasteiger partial charge in [-0.25, -0.2) is 4.39 Å². The predicted molar refractivity (Wildman–Crippen MR) is 46.0 cm³/mol. The highest BCUT2D eigenvalue weighted by atomic mass is 35.5. The fourth-order valence-electron chi connectivity index (χ4n) is 1.38. The van der Waals surface area contributed by atoms with Crippen molar-refractivity contribution in [1.82, 2.24) is 4.90 Å². The number of carbonyl (C=O) groups excluding carboxylic acids is 1. The van der Waals surface area contributed by atoms with Crippen LogP contribution in [0, 0.1) is 0 Å². The van der Waals surface area contributed by atoms with Gasteiger partial charge in [-0.15, -0.1) is 11.6 Å². The molecule has 0 saturated carbocycles. The van der Waals surface area contributed by atoms with E-state index in [4.69, 9.17) is 11.6 Å². The molecule has 2 atom stereocenters. The van der Waals surface area contributed by atoms with Gasteiger partial charge in [0.15, 0.2) is 0 Å². The quantitative estimate of drug-likeness (QED) is 0.579. The molecule has 1 saturated heterocycles. The van der Waals surface area contributed by atoms with E-state index in [0.29, 0.717) is 13.0 Å². The van der Waals surface area contributed by atoms with E-state index >= 15 is 0 Å². The van der Waals surface area contributed by atoms with Gasteiger partial charge in [0.1, 0.15) is 11.5 Å². The highest BCUT2D eigenvalue weighted by Gasteiger charge is 2.25. The molecular formula is C8H13ClFNO. The summed E-state index contributed by atoms with van der Waals surface area (Å²) in [4.78, 5) is 12.8. The number of likely N-dealkylation sites (tertiary alicyclic amines) is 1. The van der Waals surface area contributed by atoms with Crippen molar-refractivity contribution in [3.8, 4) is 0 Å². The zero-order chi connectivity index (χ0) is 9.14. The zero-order valence-electron chi connectivity index (χ0n) is 7.09. The van der Waals surface area contributed by atoms with Crippen molar-refractivity contribution in [2.75, 3.05) is 13.1 Å². The molecule has 0 spiro atoms. The largest absolute Gasteiger partial charge is 0.339 e. The van der Waals surface area contributed by atoms with Gasteiger partial charge in [0.25, 0.3) is 0 Å². The molecule has 2 nitrogen and oxygen atoms in total. The van der Waals surface area contributed by atoms with Crippen molar-refractivity contribution in [2.24, 2.45) is 0 Å². The summed E-state index contributed by atoms with van der Waals surface area (Å²) < 4.78 is 12.8. The number of piperidine rings is 1. The molecule has 0 aliphatic carbocycles. The summed E-state index contributed by atoms with van der Waals surface area (Å²) in [6.45, 7) is 2.48. The molecule has 0 aromatic heterocycles. The van der Waals surface area contributed by atoms with Crippen molar-refractivity contribution in [1.29, 1.82) is 0 Å². The molecule has 0 unspecified atom stereocenters. The number of amides is 1. The molecule has 70 valence electrons. The number of alkyl halides is 2. The number of halogens is 2. The van der Waals surface area contributed by atoms with Crippen LogP contribution in [0.5, 0.6) is 0 Å². The summed E-state index contributed by atoms with van der Waals surface area (Å²) in [5, 5.41) is -0.532. The van der Waals surface area contributed by atoms with Crippen LogP contribution in [0.3, 0.4) is 0 Å². The molecule has 12 heavy (non-hydrogen) atoms. The van der Waals surface area contributed by atoms with E-state index in [0.717, 1.165) is 6.42 Å². The van der Waals surface area contributed by atoms with Crippen LogP contribution in [-0.2, 0) is 4.79 Å². The second-order valence-corrected chi connectivity index (χ2v) is 3.79. The number of nitrogens with zero attached hydrogens (tertiary/aromatic N) is 1. The molecule has 1 aliphatic heterocycles. The van der Waals surface area contributed by atoms with Crippen LogP contribution in [0.1, 0.15) is 19.8 Å². The first-order valence-electron chi connectivity index (χ1n) is 4.18. The summed E-state index contributed by atoms with van der Waals surface area (Å²) in [6.07, 6.45) is 0.454. The first kappa shape index (κ1) is 9.78. The van der Waals surface area contributed by atoms with Crippen molar-refractivity contribution in [3.05, 3.63) is 0 Å². The van der Waals surface area contributed by atoms with Gasteiger partial charge in [-0.2, -0.15) is 0 Å². The molecular weight excluding hydrogens is 181 g/mol. The Morgan fingerprint density at radius 2 is 2.42 bits per heavy atom. The Labute approximate surface area is 76.7 Å². The average Bonchev–Trinajstić information content (AvgIpc) is 2.03. The predicted octanol–water partition coefficient (Wildman–Crippen LogP) is 1.57. The monoisotopic (exact) mass is 193 g/mol. The molecule has 0 radical (unpaired) electrons. The van der Waals surface area contributed by atoms with E-state index in [-0.39, 0.29) is 12.5 Å². The van der Waals surface area contributed by atoms with Crippen LogP contribution in [-0.4, -0.2) is 35.4 Å². The fraction of sp³-hybridized carbons (Fsp3) is 0.875. The standard InChI is InChI=1S/C8H13ClFNO/c1-6(9)8(12)11-4-2-3-7(10)5-11/h6-7H,2-5H2,1H3/t6-,7+/m1/s1. The average molecular weight is 194 g/mol. The van der Waals surface area contributed by atoms with Gasteiger partial charge in [0, 0.05) is 6.54 Å². The zero-order valence-corrected chi connectivity index (χ0v) is 7.85. The lowest BCUT2D eigenvalue weighted by atomic mass is 10.1. The minimum atomic E-state index is -0.863. The van der Waals surface area contributed by atoms with Gasteiger partial charge in [0.05, 0.1) is 6.54 Å². The lowest BCUT2D eigenvalue weighted by Crippen LogP contribution is -2.43. The van der Waals surface area contributed by atoms with Crippen LogP contribution >= 0.6 is 11.6 Å². The lowest BCUT2D eigenvalue weighted by molar-refractivity contribution is -0.132. The Kier molecular flexibility index (Phi) is 3.32. The molecule has 0 bridgehead atoms. The first-order chi connectivity index (χ1) is 5.61. The third-order valence-corrected chi connectivity index (χ3v) is 2.20. The Hall–Kier alpha value is -0.310. The van der Waals surface area contributed by atoms with E-state index in [9.17, 15) is 9.18 Å². The second-order valence-electron chi connectivity index (χ2n) is 3.14. The topological polar surface area (TPSA) is 20.3 Å². The first-order valence-corrected chi connectivity index (χ1v) is 4.62. The molecule has 1 aliphatic rings. The van der Waals surface area contributed by atoms with Gasteiger partial charge in [-0.1, -0.05) is 0 Å². The minimum Gasteiger partial charge on any atom is -0.339 e. The maximum Gasteiger partial charge on any atom is 0.240 e. The Balaban J connectivity index is 2.46. The van der Waals surface area contributed by atoms with E-state index in [1.807, 2.05) is 0 Å². The van der Waals surface area contributed by atoms with Gasteiger partial charge in [-0.05, 0) is 19.8 Å². The van der Waals surface area contributed by atoms with E-state index in [1.165, 1.54) is 4.90 Å². The molecule has 1 amide bonds. The summed E-state index contributed by atoms with van der Waals surface area (Å²) in [5.74, 6) is -0.154. The van der Waals surface area contributed by atoms with Crippen LogP contribution in [0.2, 0.25) is 0 Å². The number of rotatable bonds is 1. The van der Waals surface area contributed by atoms with E-state index in [1.54, 1.807) is 6.92 Å². The molecule has 0 aromatic carbocycles. The summed E-state index contributed by atoms with van der Waals surface area (Å²) in [5.41, 5.74) is 0. The van der Waals surface area contributed by atoms with Crippen LogP contribution in [0.25, 0.3) is 0 Å². The third-order valence-electron chi connectivity index (χ3n) is 2.02. The third kappa shape index (κ3) is 2.34. The highest BCUT2D eigenvalue weighted by molar-refractivity contribution is 6.30. The van der Waals surface area contributed by atoms with Crippen molar-refractivity contribution < 1.29 is 9.18 Å². The Morgan fingerprint density at radius 3 is 2.92 bits per heavy atom. The molecule has 0 aromatic rings. The number of hydrogen-bond donors (Lipinski definition) is 0. The Morgan fingerprint density at radius 1 is 1.75 bits per heavy atom. The van der Waals surface area contributed by atoms with E-state index in [2.05, 4.69) is 0 Å². The maximum atomic E-state index is 12.8. The van der Waals surface area contributed by atoms with Gasteiger partial charge in [-0.3, -0.25) is 4.79 Å². The van der Waals surface area contributed by atoms with Crippen molar-refractivity contribution >= 4 is 17.5 Å². The summed E-state index contributed by atoms with van der Waals surface area (Å²) >= 11 is 5.60. The molecule has 1 heterocycles. The SMILES string of the molecule is C[C@@H](Cl)C(=O)N1CCC[C@H](F)C1.